The quantitative estimate of drug-likeness (QED) is 0.572. The molecule has 0 aliphatic heterocycles. The highest BCUT2D eigenvalue weighted by atomic mass is 35.5. The maximum absolute atomic E-state index is 7.39. The van der Waals surface area contributed by atoms with Crippen molar-refractivity contribution in [1.29, 1.82) is 5.41 Å². The molecule has 0 aliphatic rings. The molecule has 0 bridgehead atoms. The molecule has 0 amide bonds. The normalized spacial score (nSPS) is 9.77. The van der Waals surface area contributed by atoms with E-state index in [2.05, 4.69) is 0 Å². The molecule has 2 nitrogen and oxygen atoms in total. The summed E-state index contributed by atoms with van der Waals surface area (Å²) in [5.41, 5.74) is 1.17. The molecular formula is C10H13ClN2. The van der Waals surface area contributed by atoms with Gasteiger partial charge < -0.3 is 4.90 Å². The fourth-order valence-corrected chi connectivity index (χ4v) is 1.11. The van der Waals surface area contributed by atoms with Crippen LogP contribution in [-0.2, 0) is 6.54 Å². The van der Waals surface area contributed by atoms with E-state index < -0.39 is 0 Å². The van der Waals surface area contributed by atoms with Gasteiger partial charge in [-0.3, -0.25) is 5.41 Å². The van der Waals surface area contributed by atoms with Gasteiger partial charge in [-0.25, -0.2) is 0 Å². The minimum atomic E-state index is 0.565. The van der Waals surface area contributed by atoms with Gasteiger partial charge in [-0.15, -0.1) is 0 Å². The van der Waals surface area contributed by atoms with E-state index in [1.54, 1.807) is 6.92 Å². The van der Waals surface area contributed by atoms with Crippen molar-refractivity contribution in [3.8, 4) is 0 Å². The second-order valence-corrected chi connectivity index (χ2v) is 3.50. The Balaban J connectivity index is 2.64. The number of hydrogen-bond donors (Lipinski definition) is 1. The van der Waals surface area contributed by atoms with Gasteiger partial charge in [0.05, 0.1) is 5.84 Å². The van der Waals surface area contributed by atoms with E-state index in [9.17, 15) is 0 Å². The molecule has 1 aromatic carbocycles. The Morgan fingerprint density at radius 1 is 1.38 bits per heavy atom. The van der Waals surface area contributed by atoms with Crippen molar-refractivity contribution in [2.24, 2.45) is 0 Å². The summed E-state index contributed by atoms with van der Waals surface area (Å²) in [6.07, 6.45) is 0. The SMILES string of the molecule is CC(=N)N(C)Cc1ccc(Cl)cc1. The van der Waals surface area contributed by atoms with E-state index in [1.807, 2.05) is 36.2 Å². The van der Waals surface area contributed by atoms with Gasteiger partial charge in [0.25, 0.3) is 0 Å². The average molecular weight is 197 g/mol. The first kappa shape index (κ1) is 10.1. The summed E-state index contributed by atoms with van der Waals surface area (Å²) in [6, 6.07) is 7.68. The van der Waals surface area contributed by atoms with E-state index in [-0.39, 0.29) is 0 Å². The van der Waals surface area contributed by atoms with Crippen LogP contribution in [0.15, 0.2) is 24.3 Å². The third-order valence-electron chi connectivity index (χ3n) is 1.91. The zero-order valence-electron chi connectivity index (χ0n) is 7.84. The Bertz CT molecular complexity index is 292. The predicted molar refractivity (Wildman–Crippen MR) is 56.3 cm³/mol. The van der Waals surface area contributed by atoms with Gasteiger partial charge >= 0.3 is 0 Å². The second-order valence-electron chi connectivity index (χ2n) is 3.07. The molecule has 70 valence electrons. The molecule has 1 rings (SSSR count). The van der Waals surface area contributed by atoms with E-state index in [0.717, 1.165) is 11.6 Å². The molecule has 0 saturated heterocycles. The van der Waals surface area contributed by atoms with Gasteiger partial charge in [0.15, 0.2) is 0 Å². The largest absolute Gasteiger partial charge is 0.360 e. The summed E-state index contributed by atoms with van der Waals surface area (Å²) in [7, 11) is 1.90. The monoisotopic (exact) mass is 196 g/mol. The Morgan fingerprint density at radius 3 is 2.38 bits per heavy atom. The van der Waals surface area contributed by atoms with Gasteiger partial charge in [-0.2, -0.15) is 0 Å². The maximum atomic E-state index is 7.39. The summed E-state index contributed by atoms with van der Waals surface area (Å²) in [6.45, 7) is 2.53. The molecule has 0 unspecified atom stereocenters. The van der Waals surface area contributed by atoms with Crippen molar-refractivity contribution < 1.29 is 0 Å². The van der Waals surface area contributed by atoms with Crippen molar-refractivity contribution in [2.45, 2.75) is 13.5 Å². The predicted octanol–water partition coefficient (Wildman–Crippen LogP) is 2.77. The van der Waals surface area contributed by atoms with Gasteiger partial charge in [0.2, 0.25) is 0 Å². The summed E-state index contributed by atoms with van der Waals surface area (Å²) in [4.78, 5) is 1.88. The minimum absolute atomic E-state index is 0.565. The first-order valence-corrected chi connectivity index (χ1v) is 4.48. The van der Waals surface area contributed by atoms with Crippen LogP contribution >= 0.6 is 11.6 Å². The first-order valence-electron chi connectivity index (χ1n) is 4.10. The van der Waals surface area contributed by atoms with Crippen LogP contribution in [0.1, 0.15) is 12.5 Å². The van der Waals surface area contributed by atoms with Crippen LogP contribution in [0.2, 0.25) is 5.02 Å². The molecule has 0 atom stereocenters. The Labute approximate surface area is 83.6 Å². The summed E-state index contributed by atoms with van der Waals surface area (Å²) < 4.78 is 0. The van der Waals surface area contributed by atoms with Crippen LogP contribution in [0.3, 0.4) is 0 Å². The molecule has 0 heterocycles. The van der Waals surface area contributed by atoms with Crippen molar-refractivity contribution in [3.63, 3.8) is 0 Å². The van der Waals surface area contributed by atoms with Gasteiger partial charge in [-0.1, -0.05) is 23.7 Å². The molecule has 1 aromatic rings. The number of nitrogens with one attached hydrogen (secondary N) is 1. The number of amidine groups is 1. The standard InChI is InChI=1S/C10H13ClN2/c1-8(12)13(2)7-9-3-5-10(11)6-4-9/h3-6,12H,7H2,1-2H3. The molecule has 0 spiro atoms. The molecule has 0 radical (unpaired) electrons. The number of nitrogens with zero attached hydrogens (tertiary/aromatic N) is 1. The van der Waals surface area contributed by atoms with Crippen LogP contribution < -0.4 is 0 Å². The van der Waals surface area contributed by atoms with Gasteiger partial charge in [0, 0.05) is 18.6 Å². The van der Waals surface area contributed by atoms with Crippen LogP contribution in [0.4, 0.5) is 0 Å². The van der Waals surface area contributed by atoms with E-state index in [4.69, 9.17) is 17.0 Å². The zero-order chi connectivity index (χ0) is 9.84. The number of hydrogen-bond acceptors (Lipinski definition) is 1. The summed E-state index contributed by atoms with van der Waals surface area (Å²) in [5.74, 6) is 0.565. The fraction of sp³-hybridized carbons (Fsp3) is 0.300. The van der Waals surface area contributed by atoms with E-state index in [1.165, 1.54) is 5.56 Å². The number of halogens is 1. The molecule has 0 fully saturated rings. The van der Waals surface area contributed by atoms with Crippen molar-refractivity contribution in [3.05, 3.63) is 34.9 Å². The lowest BCUT2D eigenvalue weighted by molar-refractivity contribution is 0.494. The fourth-order valence-electron chi connectivity index (χ4n) is 0.982. The lowest BCUT2D eigenvalue weighted by atomic mass is 10.2. The van der Waals surface area contributed by atoms with Gasteiger partial charge in [0.1, 0.15) is 0 Å². The Kier molecular flexibility index (Phi) is 3.32. The Hall–Kier alpha value is -1.02. The molecule has 13 heavy (non-hydrogen) atoms. The van der Waals surface area contributed by atoms with Crippen LogP contribution in [-0.4, -0.2) is 17.8 Å². The minimum Gasteiger partial charge on any atom is -0.360 e. The zero-order valence-corrected chi connectivity index (χ0v) is 8.60. The van der Waals surface area contributed by atoms with Crippen LogP contribution in [0.5, 0.6) is 0 Å². The lowest BCUT2D eigenvalue weighted by Gasteiger charge is -2.16. The van der Waals surface area contributed by atoms with Gasteiger partial charge in [-0.05, 0) is 24.6 Å². The lowest BCUT2D eigenvalue weighted by Crippen LogP contribution is -2.22. The number of benzene rings is 1. The smallest absolute Gasteiger partial charge is 0.0926 e. The third kappa shape index (κ3) is 3.07. The highest BCUT2D eigenvalue weighted by molar-refractivity contribution is 6.30. The second kappa shape index (κ2) is 4.28. The highest BCUT2D eigenvalue weighted by Gasteiger charge is 1.99. The molecule has 0 saturated carbocycles. The third-order valence-corrected chi connectivity index (χ3v) is 2.16. The first-order chi connectivity index (χ1) is 6.09. The van der Waals surface area contributed by atoms with E-state index >= 15 is 0 Å². The Morgan fingerprint density at radius 2 is 1.92 bits per heavy atom. The van der Waals surface area contributed by atoms with E-state index in [0.29, 0.717) is 5.84 Å². The van der Waals surface area contributed by atoms with Crippen molar-refractivity contribution >= 4 is 17.4 Å². The summed E-state index contributed by atoms with van der Waals surface area (Å²) >= 11 is 5.75. The van der Waals surface area contributed by atoms with Crippen molar-refractivity contribution in [1.82, 2.24) is 4.90 Å². The molecule has 0 aliphatic carbocycles. The summed E-state index contributed by atoms with van der Waals surface area (Å²) in [5, 5.41) is 8.14. The molecule has 1 N–H and O–H groups in total. The maximum Gasteiger partial charge on any atom is 0.0926 e. The van der Waals surface area contributed by atoms with Crippen molar-refractivity contribution in [2.75, 3.05) is 7.05 Å². The highest BCUT2D eigenvalue weighted by Crippen LogP contribution is 2.10. The molecule has 0 aromatic heterocycles. The van der Waals surface area contributed by atoms with Crippen LogP contribution in [0, 0.1) is 5.41 Å². The molecule has 3 heteroatoms. The molecular weight excluding hydrogens is 184 g/mol. The van der Waals surface area contributed by atoms with Crippen LogP contribution in [0.25, 0.3) is 0 Å². The number of rotatable bonds is 2. The topological polar surface area (TPSA) is 27.1 Å². The average Bonchev–Trinajstić information content (AvgIpc) is 2.08.